The lowest BCUT2D eigenvalue weighted by atomic mass is 10.1. The maximum Gasteiger partial charge on any atom is 0.253 e. The first kappa shape index (κ1) is 19.2. The molecule has 1 atom stereocenters. The predicted octanol–water partition coefficient (Wildman–Crippen LogP) is 1.32. The highest BCUT2D eigenvalue weighted by Gasteiger charge is 2.22. The molecule has 1 aromatic carbocycles. The summed E-state index contributed by atoms with van der Waals surface area (Å²) in [5.41, 5.74) is 7.81. The van der Waals surface area contributed by atoms with Crippen LogP contribution in [0.25, 0.3) is 0 Å². The van der Waals surface area contributed by atoms with Crippen LogP contribution in [0.1, 0.15) is 35.7 Å². The fraction of sp³-hybridized carbons (Fsp3) is 0.579. The highest BCUT2D eigenvalue weighted by atomic mass is 16.2. The van der Waals surface area contributed by atoms with Gasteiger partial charge < -0.3 is 16.0 Å². The van der Waals surface area contributed by atoms with Gasteiger partial charge in [0.05, 0.1) is 6.54 Å². The number of nitrogens with zero attached hydrogens (tertiary/aromatic N) is 3. The highest BCUT2D eigenvalue weighted by molar-refractivity contribution is 5.94. The third-order valence-electron chi connectivity index (χ3n) is 4.68. The molecule has 6 nitrogen and oxygen atoms in total. The predicted molar refractivity (Wildman–Crippen MR) is 103 cm³/mol. The van der Waals surface area contributed by atoms with Crippen LogP contribution >= 0.6 is 0 Å². The maximum atomic E-state index is 12.0. The van der Waals surface area contributed by atoms with Crippen LogP contribution in [0.3, 0.4) is 0 Å². The van der Waals surface area contributed by atoms with Crippen molar-refractivity contribution in [2.45, 2.75) is 32.2 Å². The van der Waals surface area contributed by atoms with Crippen molar-refractivity contribution < 1.29 is 4.79 Å². The Morgan fingerprint density at radius 3 is 2.96 bits per heavy atom. The number of guanidine groups is 1. The summed E-state index contributed by atoms with van der Waals surface area (Å²) in [5.74, 6) is 0.524. The van der Waals surface area contributed by atoms with Gasteiger partial charge in [-0.25, -0.2) is 0 Å². The SMILES string of the molecule is CCN1CCCC1CN=C(N)NCCc1cccc(C(=O)N(C)C)c1. The second-order valence-corrected chi connectivity index (χ2v) is 6.73. The van der Waals surface area contributed by atoms with E-state index in [-0.39, 0.29) is 5.91 Å². The minimum Gasteiger partial charge on any atom is -0.370 e. The molecule has 0 aromatic heterocycles. The summed E-state index contributed by atoms with van der Waals surface area (Å²) in [6.07, 6.45) is 3.26. The summed E-state index contributed by atoms with van der Waals surface area (Å²) in [5, 5.41) is 3.17. The quantitative estimate of drug-likeness (QED) is 0.577. The van der Waals surface area contributed by atoms with E-state index in [2.05, 4.69) is 22.1 Å². The van der Waals surface area contributed by atoms with E-state index in [1.165, 1.54) is 19.4 Å². The van der Waals surface area contributed by atoms with Gasteiger partial charge in [-0.3, -0.25) is 14.7 Å². The molecule has 3 N–H and O–H groups in total. The second-order valence-electron chi connectivity index (χ2n) is 6.73. The molecule has 1 heterocycles. The van der Waals surface area contributed by atoms with Crippen LogP contribution < -0.4 is 11.1 Å². The zero-order valence-electron chi connectivity index (χ0n) is 15.7. The van der Waals surface area contributed by atoms with Gasteiger partial charge in [-0.1, -0.05) is 19.1 Å². The number of aliphatic imine (C=N–C) groups is 1. The number of amides is 1. The Kier molecular flexibility index (Phi) is 7.25. The summed E-state index contributed by atoms with van der Waals surface area (Å²) in [6.45, 7) is 5.91. The molecule has 25 heavy (non-hydrogen) atoms. The average Bonchev–Trinajstić information content (AvgIpc) is 3.07. The number of carbonyl (C=O) groups is 1. The Morgan fingerprint density at radius 1 is 1.44 bits per heavy atom. The number of rotatable bonds is 7. The van der Waals surface area contributed by atoms with Crippen molar-refractivity contribution in [3.05, 3.63) is 35.4 Å². The van der Waals surface area contributed by atoms with Gasteiger partial charge in [-0.15, -0.1) is 0 Å². The molecule has 1 amide bonds. The topological polar surface area (TPSA) is 74.0 Å². The summed E-state index contributed by atoms with van der Waals surface area (Å²) in [6, 6.07) is 8.26. The van der Waals surface area contributed by atoms with Crippen LogP contribution in [0.4, 0.5) is 0 Å². The molecule has 0 aliphatic carbocycles. The minimum atomic E-state index is 0.0212. The van der Waals surface area contributed by atoms with E-state index in [1.807, 2.05) is 24.3 Å². The van der Waals surface area contributed by atoms with Gasteiger partial charge in [0.1, 0.15) is 0 Å². The number of likely N-dealkylation sites (tertiary alicyclic amines) is 1. The molecule has 1 saturated heterocycles. The molecular formula is C19H31N5O. The lowest BCUT2D eigenvalue weighted by Gasteiger charge is -2.21. The molecule has 0 saturated carbocycles. The summed E-state index contributed by atoms with van der Waals surface area (Å²) in [7, 11) is 3.52. The second kappa shape index (κ2) is 9.42. The zero-order chi connectivity index (χ0) is 18.2. The fourth-order valence-electron chi connectivity index (χ4n) is 3.23. The van der Waals surface area contributed by atoms with Gasteiger partial charge >= 0.3 is 0 Å². The van der Waals surface area contributed by atoms with E-state index in [0.29, 0.717) is 24.1 Å². The zero-order valence-corrected chi connectivity index (χ0v) is 15.7. The van der Waals surface area contributed by atoms with Crippen LogP contribution in [0, 0.1) is 0 Å². The number of hydrogen-bond acceptors (Lipinski definition) is 3. The molecule has 0 bridgehead atoms. The van der Waals surface area contributed by atoms with Crippen LogP contribution in [-0.2, 0) is 6.42 Å². The van der Waals surface area contributed by atoms with Crippen molar-refractivity contribution in [2.24, 2.45) is 10.7 Å². The lowest BCUT2D eigenvalue weighted by molar-refractivity contribution is 0.0827. The van der Waals surface area contributed by atoms with E-state index in [9.17, 15) is 4.79 Å². The Hall–Kier alpha value is -2.08. The number of likely N-dealkylation sites (N-methyl/N-ethyl adjacent to an activating group) is 1. The van der Waals surface area contributed by atoms with Crippen LogP contribution in [0.2, 0.25) is 0 Å². The smallest absolute Gasteiger partial charge is 0.253 e. The Bertz CT molecular complexity index is 599. The first-order valence-electron chi connectivity index (χ1n) is 9.09. The fourth-order valence-corrected chi connectivity index (χ4v) is 3.23. The van der Waals surface area contributed by atoms with Crippen molar-refractivity contribution in [2.75, 3.05) is 40.3 Å². The van der Waals surface area contributed by atoms with Gasteiger partial charge in [0.15, 0.2) is 5.96 Å². The van der Waals surface area contributed by atoms with Gasteiger partial charge in [0.25, 0.3) is 5.91 Å². The van der Waals surface area contributed by atoms with E-state index in [4.69, 9.17) is 5.73 Å². The van der Waals surface area contributed by atoms with E-state index in [0.717, 1.165) is 25.1 Å². The first-order chi connectivity index (χ1) is 12.0. The Labute approximate surface area is 151 Å². The monoisotopic (exact) mass is 345 g/mol. The standard InChI is InChI=1S/C19H31N5O/c1-4-24-12-6-9-17(24)14-22-19(20)21-11-10-15-7-5-8-16(13-15)18(25)23(2)3/h5,7-8,13,17H,4,6,9-12,14H2,1-3H3,(H3,20,21,22). The molecular weight excluding hydrogens is 314 g/mol. The van der Waals surface area contributed by atoms with E-state index >= 15 is 0 Å². The van der Waals surface area contributed by atoms with Crippen LogP contribution in [-0.4, -0.2) is 68.0 Å². The molecule has 1 unspecified atom stereocenters. The average molecular weight is 345 g/mol. The number of carbonyl (C=O) groups excluding carboxylic acids is 1. The number of hydrogen-bond donors (Lipinski definition) is 2. The van der Waals surface area contributed by atoms with Gasteiger partial charge in [0.2, 0.25) is 0 Å². The van der Waals surface area contributed by atoms with Crippen LogP contribution in [0.5, 0.6) is 0 Å². The largest absolute Gasteiger partial charge is 0.370 e. The molecule has 138 valence electrons. The highest BCUT2D eigenvalue weighted by Crippen LogP contribution is 2.16. The maximum absolute atomic E-state index is 12.0. The Morgan fingerprint density at radius 2 is 2.24 bits per heavy atom. The molecule has 1 fully saturated rings. The van der Waals surface area contributed by atoms with Gasteiger partial charge in [-0.05, 0) is 50.0 Å². The van der Waals surface area contributed by atoms with E-state index in [1.54, 1.807) is 19.0 Å². The normalized spacial score (nSPS) is 18.4. The van der Waals surface area contributed by atoms with Gasteiger partial charge in [-0.2, -0.15) is 0 Å². The van der Waals surface area contributed by atoms with E-state index < -0.39 is 0 Å². The van der Waals surface area contributed by atoms with Crippen molar-refractivity contribution in [3.8, 4) is 0 Å². The molecule has 0 radical (unpaired) electrons. The number of nitrogens with one attached hydrogen (secondary N) is 1. The summed E-state index contributed by atoms with van der Waals surface area (Å²) in [4.78, 5) is 20.5. The lowest BCUT2D eigenvalue weighted by Crippen LogP contribution is -2.36. The molecule has 1 aromatic rings. The summed E-state index contributed by atoms with van der Waals surface area (Å²) >= 11 is 0. The van der Waals surface area contributed by atoms with Crippen molar-refractivity contribution >= 4 is 11.9 Å². The summed E-state index contributed by atoms with van der Waals surface area (Å²) < 4.78 is 0. The molecule has 6 heteroatoms. The first-order valence-corrected chi connectivity index (χ1v) is 9.09. The third-order valence-corrected chi connectivity index (χ3v) is 4.68. The van der Waals surface area contributed by atoms with Crippen molar-refractivity contribution in [1.29, 1.82) is 0 Å². The minimum absolute atomic E-state index is 0.0212. The van der Waals surface area contributed by atoms with Crippen molar-refractivity contribution in [1.82, 2.24) is 15.1 Å². The van der Waals surface area contributed by atoms with Crippen molar-refractivity contribution in [3.63, 3.8) is 0 Å². The third kappa shape index (κ3) is 5.74. The molecule has 1 aliphatic heterocycles. The van der Waals surface area contributed by atoms with Crippen LogP contribution in [0.15, 0.2) is 29.3 Å². The number of nitrogens with two attached hydrogens (primary N) is 1. The molecule has 2 rings (SSSR count). The molecule has 1 aliphatic rings. The molecule has 0 spiro atoms. The Balaban J connectivity index is 1.79. The number of benzene rings is 1. The van der Waals surface area contributed by atoms with Gasteiger partial charge in [0, 0.05) is 32.2 Å².